The summed E-state index contributed by atoms with van der Waals surface area (Å²) in [6.45, 7) is 2.23. The number of benzene rings is 2. The van der Waals surface area contributed by atoms with Crippen molar-refractivity contribution in [1.29, 1.82) is 0 Å². The lowest BCUT2D eigenvalue weighted by Gasteiger charge is -2.25. The molecule has 1 atom stereocenters. The number of hydrogen-bond acceptors (Lipinski definition) is 9. The Morgan fingerprint density at radius 1 is 0.941 bits per heavy atom. The zero-order valence-corrected chi connectivity index (χ0v) is 19.2. The van der Waals surface area contributed by atoms with Crippen LogP contribution in [0.3, 0.4) is 0 Å². The average Bonchev–Trinajstić information content (AvgIpc) is 3.60. The Labute approximate surface area is 200 Å². The van der Waals surface area contributed by atoms with Crippen molar-refractivity contribution in [1.82, 2.24) is 15.1 Å². The number of nitrogens with zero attached hydrogens (tertiary/aromatic N) is 3. The molecule has 2 aromatic carbocycles. The molecule has 3 aromatic rings. The van der Waals surface area contributed by atoms with Gasteiger partial charge in [-0.25, -0.2) is 0 Å². The van der Waals surface area contributed by atoms with Gasteiger partial charge in [0.15, 0.2) is 23.0 Å². The number of thioether (sulfide) groups is 1. The van der Waals surface area contributed by atoms with Gasteiger partial charge in [0.2, 0.25) is 18.6 Å². The molecule has 1 amide bonds. The second-order valence-corrected chi connectivity index (χ2v) is 9.16. The van der Waals surface area contributed by atoms with E-state index in [1.165, 1.54) is 11.8 Å². The van der Waals surface area contributed by atoms with Crippen LogP contribution >= 0.6 is 11.8 Å². The molecule has 1 fully saturated rings. The average molecular weight is 482 g/mol. The summed E-state index contributed by atoms with van der Waals surface area (Å²) in [5, 5.41) is 8.56. The Kier molecular flexibility index (Phi) is 5.66. The minimum atomic E-state index is 0.0251. The molecule has 0 aliphatic carbocycles. The summed E-state index contributed by atoms with van der Waals surface area (Å²) in [4.78, 5) is 15.0. The fourth-order valence-electron chi connectivity index (χ4n) is 4.42. The van der Waals surface area contributed by atoms with Gasteiger partial charge in [-0.1, -0.05) is 17.8 Å². The third-order valence-electron chi connectivity index (χ3n) is 6.07. The van der Waals surface area contributed by atoms with Crippen LogP contribution in [0, 0.1) is 0 Å². The smallest absolute Gasteiger partial charge is 0.277 e. The van der Waals surface area contributed by atoms with Gasteiger partial charge in [0.1, 0.15) is 0 Å². The molecule has 6 rings (SSSR count). The summed E-state index contributed by atoms with van der Waals surface area (Å²) in [5.41, 5.74) is 1.81. The monoisotopic (exact) mass is 481 g/mol. The number of amides is 1. The maximum atomic E-state index is 13.1. The second kappa shape index (κ2) is 9.09. The zero-order chi connectivity index (χ0) is 22.9. The second-order valence-electron chi connectivity index (χ2n) is 8.23. The molecule has 3 aliphatic rings. The van der Waals surface area contributed by atoms with E-state index in [0.29, 0.717) is 35.8 Å². The van der Waals surface area contributed by atoms with Crippen LogP contribution in [0.4, 0.5) is 0 Å². The summed E-state index contributed by atoms with van der Waals surface area (Å²) in [6.07, 6.45) is 2.75. The van der Waals surface area contributed by atoms with Gasteiger partial charge in [0, 0.05) is 18.5 Å². The molecule has 4 heterocycles. The van der Waals surface area contributed by atoms with Gasteiger partial charge in [-0.3, -0.25) is 4.79 Å². The van der Waals surface area contributed by atoms with E-state index in [-0.39, 0.29) is 24.5 Å². The van der Waals surface area contributed by atoms with Crippen LogP contribution in [-0.4, -0.2) is 53.3 Å². The molecular weight excluding hydrogens is 458 g/mol. The Morgan fingerprint density at radius 2 is 1.74 bits per heavy atom. The van der Waals surface area contributed by atoms with Gasteiger partial charge in [0.05, 0.1) is 25.0 Å². The van der Waals surface area contributed by atoms with E-state index >= 15 is 0 Å². The van der Waals surface area contributed by atoms with Crippen molar-refractivity contribution < 1.29 is 28.2 Å². The lowest BCUT2D eigenvalue weighted by Crippen LogP contribution is -2.32. The molecule has 9 nitrogen and oxygen atoms in total. The first-order chi connectivity index (χ1) is 16.7. The Bertz CT molecular complexity index is 1220. The maximum absolute atomic E-state index is 13.1. The fourth-order valence-corrected chi connectivity index (χ4v) is 5.07. The molecule has 1 aromatic heterocycles. The van der Waals surface area contributed by atoms with E-state index in [1.807, 2.05) is 35.2 Å². The van der Waals surface area contributed by atoms with Gasteiger partial charge >= 0.3 is 0 Å². The minimum Gasteiger partial charge on any atom is -0.490 e. The van der Waals surface area contributed by atoms with E-state index in [1.54, 1.807) is 6.07 Å². The molecule has 0 saturated carbocycles. The first-order valence-electron chi connectivity index (χ1n) is 11.3. The third-order valence-corrected chi connectivity index (χ3v) is 6.88. The summed E-state index contributed by atoms with van der Waals surface area (Å²) in [5.74, 6) is 3.51. The number of hydrogen-bond donors (Lipinski definition) is 0. The largest absolute Gasteiger partial charge is 0.490 e. The van der Waals surface area contributed by atoms with E-state index in [0.717, 1.165) is 48.4 Å². The van der Waals surface area contributed by atoms with Crippen molar-refractivity contribution in [2.45, 2.75) is 30.5 Å². The molecule has 0 radical (unpaired) electrons. The first kappa shape index (κ1) is 21.2. The molecule has 1 saturated heterocycles. The van der Waals surface area contributed by atoms with Crippen molar-refractivity contribution in [3.05, 3.63) is 42.0 Å². The van der Waals surface area contributed by atoms with E-state index in [9.17, 15) is 4.79 Å². The number of aromatic nitrogens is 2. The van der Waals surface area contributed by atoms with Crippen molar-refractivity contribution in [2.75, 3.05) is 32.3 Å². The molecule has 0 bridgehead atoms. The van der Waals surface area contributed by atoms with Crippen molar-refractivity contribution >= 4 is 17.7 Å². The summed E-state index contributed by atoms with van der Waals surface area (Å²) >= 11 is 1.25. The zero-order valence-electron chi connectivity index (χ0n) is 18.4. The lowest BCUT2D eigenvalue weighted by atomic mass is 10.0. The maximum Gasteiger partial charge on any atom is 0.277 e. The Hall–Kier alpha value is -3.40. The van der Waals surface area contributed by atoms with Gasteiger partial charge in [-0.2, -0.15) is 0 Å². The minimum absolute atomic E-state index is 0.0251. The fraction of sp³-hybridized carbons (Fsp3) is 0.375. The Balaban J connectivity index is 1.11. The van der Waals surface area contributed by atoms with Crippen molar-refractivity contribution in [3.63, 3.8) is 0 Å². The van der Waals surface area contributed by atoms with Crippen LogP contribution < -0.4 is 18.9 Å². The molecular formula is C24H23N3O6S. The number of ether oxygens (including phenoxy) is 4. The highest BCUT2D eigenvalue weighted by Crippen LogP contribution is 2.39. The van der Waals surface area contributed by atoms with Crippen LogP contribution in [0.5, 0.6) is 23.0 Å². The molecule has 10 heteroatoms. The molecule has 0 spiro atoms. The predicted octanol–water partition coefficient (Wildman–Crippen LogP) is 4.08. The summed E-state index contributed by atoms with van der Waals surface area (Å²) in [6, 6.07) is 11.5. The third kappa shape index (κ3) is 4.13. The number of carbonyl (C=O) groups excluding carboxylic acids is 1. The summed E-state index contributed by atoms with van der Waals surface area (Å²) in [7, 11) is 0. The topological polar surface area (TPSA) is 96.2 Å². The quantitative estimate of drug-likeness (QED) is 0.499. The van der Waals surface area contributed by atoms with Crippen molar-refractivity contribution in [3.8, 4) is 34.5 Å². The van der Waals surface area contributed by atoms with Crippen LogP contribution in [0.25, 0.3) is 11.5 Å². The van der Waals surface area contributed by atoms with Crippen LogP contribution in [0.2, 0.25) is 0 Å². The van der Waals surface area contributed by atoms with Crippen molar-refractivity contribution in [2.24, 2.45) is 0 Å². The van der Waals surface area contributed by atoms with E-state index in [4.69, 9.17) is 23.4 Å². The number of fused-ring (bicyclic) bond motifs is 2. The van der Waals surface area contributed by atoms with Gasteiger partial charge in [-0.05, 0) is 48.7 Å². The molecule has 0 unspecified atom stereocenters. The first-order valence-corrected chi connectivity index (χ1v) is 12.3. The predicted molar refractivity (Wildman–Crippen MR) is 122 cm³/mol. The number of likely N-dealkylation sites (tertiary alicyclic amines) is 1. The van der Waals surface area contributed by atoms with Gasteiger partial charge in [0.25, 0.3) is 5.22 Å². The highest BCUT2D eigenvalue weighted by Gasteiger charge is 2.31. The Morgan fingerprint density at radius 3 is 2.68 bits per heavy atom. The van der Waals surface area contributed by atoms with E-state index in [2.05, 4.69) is 10.2 Å². The van der Waals surface area contributed by atoms with Crippen LogP contribution in [0.15, 0.2) is 46.0 Å². The number of rotatable bonds is 5. The molecule has 3 aliphatic heterocycles. The molecule has 0 N–H and O–H groups in total. The number of carbonyl (C=O) groups is 1. The standard InChI is InChI=1S/C24H23N3O6S/c28-22(13-34-24-26-25-23(33-24)16-5-7-19-21(12-16)32-14-31-19)27-8-1-3-17(27)15-4-6-18-20(11-15)30-10-2-9-29-18/h4-7,11-12,17H,1-3,8-10,13-14H2/t17-/m1/s1. The highest BCUT2D eigenvalue weighted by atomic mass is 32.2. The SMILES string of the molecule is O=C(CSc1nnc(-c2ccc3c(c2)OCO3)o1)N1CCC[C@@H]1c1ccc2c(c1)OCCCO2. The highest BCUT2D eigenvalue weighted by molar-refractivity contribution is 7.99. The van der Waals surface area contributed by atoms with E-state index < -0.39 is 0 Å². The normalized spacial score (nSPS) is 18.7. The van der Waals surface area contributed by atoms with Crippen LogP contribution in [0.1, 0.15) is 30.9 Å². The van der Waals surface area contributed by atoms with Gasteiger partial charge < -0.3 is 28.3 Å². The lowest BCUT2D eigenvalue weighted by molar-refractivity contribution is -0.129. The van der Waals surface area contributed by atoms with Gasteiger partial charge in [-0.15, -0.1) is 10.2 Å². The molecule has 176 valence electrons. The van der Waals surface area contributed by atoms with Crippen LogP contribution in [-0.2, 0) is 4.79 Å². The summed E-state index contributed by atoms with van der Waals surface area (Å²) < 4.78 is 28.1. The molecule has 34 heavy (non-hydrogen) atoms.